The fourth-order valence-electron chi connectivity index (χ4n) is 2.15. The molecular weight excluding hydrogens is 266 g/mol. The second-order valence-electron chi connectivity index (χ2n) is 5.70. The number of amides is 2. The zero-order valence-corrected chi connectivity index (χ0v) is 12.7. The molecule has 0 radical (unpaired) electrons. The number of nitrogens with zero attached hydrogens (tertiary/aromatic N) is 1. The van der Waals surface area contributed by atoms with Crippen LogP contribution in [0.15, 0.2) is 24.3 Å². The minimum absolute atomic E-state index is 0.0754. The summed E-state index contributed by atoms with van der Waals surface area (Å²) in [5.74, 6) is 0.692. The third-order valence-corrected chi connectivity index (χ3v) is 3.59. The first-order valence-electron chi connectivity index (χ1n) is 7.34. The lowest BCUT2D eigenvalue weighted by Gasteiger charge is -2.16. The summed E-state index contributed by atoms with van der Waals surface area (Å²) in [5, 5.41) is 5.55. The van der Waals surface area contributed by atoms with Crippen LogP contribution in [0.2, 0.25) is 0 Å². The molecule has 0 aliphatic heterocycles. The Morgan fingerprint density at radius 3 is 2.48 bits per heavy atom. The molecule has 1 aromatic carbocycles. The van der Waals surface area contributed by atoms with Gasteiger partial charge in [0.05, 0.1) is 6.54 Å². The Hall–Kier alpha value is -1.88. The number of carbonyl (C=O) groups excluding carboxylic acids is 2. The van der Waals surface area contributed by atoms with Crippen molar-refractivity contribution >= 4 is 11.8 Å². The number of nitrogens with one attached hydrogen (secondary N) is 2. The van der Waals surface area contributed by atoms with Gasteiger partial charge in [-0.1, -0.05) is 12.1 Å². The van der Waals surface area contributed by atoms with Crippen molar-refractivity contribution in [2.75, 3.05) is 27.2 Å². The van der Waals surface area contributed by atoms with Crippen LogP contribution in [0.3, 0.4) is 0 Å². The highest BCUT2D eigenvalue weighted by Crippen LogP contribution is 2.27. The van der Waals surface area contributed by atoms with Crippen LogP contribution in [0, 0.1) is 5.92 Å². The fourth-order valence-corrected chi connectivity index (χ4v) is 2.15. The molecule has 114 valence electrons. The highest BCUT2D eigenvalue weighted by Gasteiger charge is 2.21. The molecule has 1 aromatic rings. The predicted molar refractivity (Wildman–Crippen MR) is 81.9 cm³/mol. The van der Waals surface area contributed by atoms with Gasteiger partial charge in [-0.3, -0.25) is 14.5 Å². The van der Waals surface area contributed by atoms with Crippen molar-refractivity contribution in [3.05, 3.63) is 35.4 Å². The molecular formula is C16H23N3O2. The maximum atomic E-state index is 11.8. The smallest absolute Gasteiger partial charge is 0.251 e. The first-order chi connectivity index (χ1) is 10.1. The Kier molecular flexibility index (Phi) is 5.33. The summed E-state index contributed by atoms with van der Waals surface area (Å²) in [7, 11) is 3.54. The van der Waals surface area contributed by atoms with E-state index < -0.39 is 0 Å². The lowest BCUT2D eigenvalue weighted by molar-refractivity contribution is -0.122. The van der Waals surface area contributed by atoms with Gasteiger partial charge < -0.3 is 10.6 Å². The summed E-state index contributed by atoms with van der Waals surface area (Å²) >= 11 is 0. The third-order valence-electron chi connectivity index (χ3n) is 3.59. The van der Waals surface area contributed by atoms with Crippen LogP contribution in [-0.4, -0.2) is 43.9 Å². The van der Waals surface area contributed by atoms with E-state index in [9.17, 15) is 9.59 Å². The minimum Gasteiger partial charge on any atom is -0.355 e. The van der Waals surface area contributed by atoms with Crippen LogP contribution in [0.1, 0.15) is 28.8 Å². The van der Waals surface area contributed by atoms with Gasteiger partial charge in [0.2, 0.25) is 5.91 Å². The maximum absolute atomic E-state index is 11.8. The summed E-state index contributed by atoms with van der Waals surface area (Å²) in [6.07, 6.45) is 2.49. The molecule has 21 heavy (non-hydrogen) atoms. The van der Waals surface area contributed by atoms with Crippen LogP contribution >= 0.6 is 0 Å². The molecule has 2 rings (SSSR count). The molecule has 2 N–H and O–H groups in total. The number of hydrogen-bond acceptors (Lipinski definition) is 3. The Labute approximate surface area is 125 Å². The average molecular weight is 289 g/mol. The van der Waals surface area contributed by atoms with E-state index in [1.807, 2.05) is 24.1 Å². The SMILES string of the molecule is CNC(=O)c1ccc(CN(C)CC(=O)NCC2CC2)cc1. The first-order valence-corrected chi connectivity index (χ1v) is 7.34. The molecule has 1 aliphatic rings. The molecule has 2 amide bonds. The zero-order chi connectivity index (χ0) is 15.2. The van der Waals surface area contributed by atoms with Crippen LogP contribution in [-0.2, 0) is 11.3 Å². The van der Waals surface area contributed by atoms with Crippen LogP contribution in [0.25, 0.3) is 0 Å². The molecule has 0 atom stereocenters. The molecule has 0 unspecified atom stereocenters. The molecule has 0 spiro atoms. The standard InChI is InChI=1S/C16H23N3O2/c1-17-16(21)14-7-5-13(6-8-14)10-19(2)11-15(20)18-9-12-3-4-12/h5-8,12H,3-4,9-11H2,1-2H3,(H,17,21)(H,18,20). The summed E-state index contributed by atoms with van der Waals surface area (Å²) in [6.45, 7) is 1.89. The number of carbonyl (C=O) groups is 2. The second-order valence-corrected chi connectivity index (χ2v) is 5.70. The van der Waals surface area contributed by atoms with Crippen LogP contribution < -0.4 is 10.6 Å². The topological polar surface area (TPSA) is 61.4 Å². The van der Waals surface area contributed by atoms with E-state index in [4.69, 9.17) is 0 Å². The molecule has 0 bridgehead atoms. The van der Waals surface area contributed by atoms with Crippen molar-refractivity contribution in [1.82, 2.24) is 15.5 Å². The number of likely N-dealkylation sites (N-methyl/N-ethyl adjacent to an activating group) is 1. The van der Waals surface area contributed by atoms with Crippen LogP contribution in [0.5, 0.6) is 0 Å². The molecule has 0 aromatic heterocycles. The van der Waals surface area contributed by atoms with Crippen molar-refractivity contribution in [3.63, 3.8) is 0 Å². The summed E-state index contributed by atoms with van der Waals surface area (Å²) < 4.78 is 0. The van der Waals surface area contributed by atoms with E-state index in [0.29, 0.717) is 24.6 Å². The van der Waals surface area contributed by atoms with Gasteiger partial charge in [-0.15, -0.1) is 0 Å². The highest BCUT2D eigenvalue weighted by atomic mass is 16.2. The van der Waals surface area contributed by atoms with Gasteiger partial charge >= 0.3 is 0 Å². The molecule has 1 aliphatic carbocycles. The highest BCUT2D eigenvalue weighted by molar-refractivity contribution is 5.93. The normalized spacial score (nSPS) is 14.0. The number of hydrogen-bond donors (Lipinski definition) is 2. The monoisotopic (exact) mass is 289 g/mol. The number of benzene rings is 1. The van der Waals surface area contributed by atoms with Crippen molar-refractivity contribution in [3.8, 4) is 0 Å². The molecule has 1 saturated carbocycles. The Morgan fingerprint density at radius 1 is 1.24 bits per heavy atom. The van der Waals surface area contributed by atoms with Gasteiger partial charge in [0.25, 0.3) is 5.91 Å². The minimum atomic E-state index is -0.0886. The maximum Gasteiger partial charge on any atom is 0.251 e. The van der Waals surface area contributed by atoms with Gasteiger partial charge in [0, 0.05) is 25.7 Å². The third kappa shape index (κ3) is 5.19. The molecule has 5 heteroatoms. The fraction of sp³-hybridized carbons (Fsp3) is 0.500. The molecule has 0 saturated heterocycles. The molecule has 1 fully saturated rings. The number of rotatable bonds is 7. The Bertz CT molecular complexity index is 495. The summed E-state index contributed by atoms with van der Waals surface area (Å²) in [4.78, 5) is 25.2. The zero-order valence-electron chi connectivity index (χ0n) is 12.7. The van der Waals surface area contributed by atoms with Crippen molar-refractivity contribution < 1.29 is 9.59 Å². The van der Waals surface area contributed by atoms with E-state index in [-0.39, 0.29) is 11.8 Å². The van der Waals surface area contributed by atoms with Crippen LogP contribution in [0.4, 0.5) is 0 Å². The van der Waals surface area contributed by atoms with E-state index in [1.165, 1.54) is 12.8 Å². The van der Waals surface area contributed by atoms with Crippen molar-refractivity contribution in [2.24, 2.45) is 5.92 Å². The van der Waals surface area contributed by atoms with Gasteiger partial charge in [-0.25, -0.2) is 0 Å². The largest absolute Gasteiger partial charge is 0.355 e. The van der Waals surface area contributed by atoms with Crippen molar-refractivity contribution in [1.29, 1.82) is 0 Å². The second kappa shape index (κ2) is 7.22. The lowest BCUT2D eigenvalue weighted by atomic mass is 10.1. The molecule has 5 nitrogen and oxygen atoms in total. The van der Waals surface area contributed by atoms with E-state index in [0.717, 1.165) is 12.1 Å². The van der Waals surface area contributed by atoms with Gasteiger partial charge in [0.1, 0.15) is 0 Å². The lowest BCUT2D eigenvalue weighted by Crippen LogP contribution is -2.35. The van der Waals surface area contributed by atoms with Gasteiger partial charge in [0.15, 0.2) is 0 Å². The Balaban J connectivity index is 1.77. The van der Waals surface area contributed by atoms with E-state index in [2.05, 4.69) is 10.6 Å². The quantitative estimate of drug-likeness (QED) is 0.787. The molecule has 0 heterocycles. The van der Waals surface area contributed by atoms with Crippen molar-refractivity contribution in [2.45, 2.75) is 19.4 Å². The summed E-state index contributed by atoms with van der Waals surface area (Å²) in [6, 6.07) is 7.44. The van der Waals surface area contributed by atoms with E-state index in [1.54, 1.807) is 19.2 Å². The average Bonchev–Trinajstić information content (AvgIpc) is 3.29. The predicted octanol–water partition coefficient (Wildman–Crippen LogP) is 1.00. The van der Waals surface area contributed by atoms with Gasteiger partial charge in [-0.05, 0) is 43.5 Å². The Morgan fingerprint density at radius 2 is 1.90 bits per heavy atom. The van der Waals surface area contributed by atoms with Gasteiger partial charge in [-0.2, -0.15) is 0 Å². The summed E-state index contributed by atoms with van der Waals surface area (Å²) in [5.41, 5.74) is 1.73. The van der Waals surface area contributed by atoms with E-state index >= 15 is 0 Å². The first kappa shape index (κ1) is 15.5.